The van der Waals surface area contributed by atoms with Crippen LogP contribution < -0.4 is 15.4 Å². The average molecular weight is 439 g/mol. The summed E-state index contributed by atoms with van der Waals surface area (Å²) in [4.78, 5) is 16.7. The van der Waals surface area contributed by atoms with Gasteiger partial charge in [-0.2, -0.15) is 0 Å². The molecule has 0 saturated heterocycles. The first-order valence-electron chi connectivity index (χ1n) is 10.7. The number of ether oxygens (including phenoxy) is 1. The second-order valence-electron chi connectivity index (χ2n) is 7.96. The first kappa shape index (κ1) is 21.5. The fraction of sp³-hybridized carbons (Fsp3) is 0.375. The van der Waals surface area contributed by atoms with Crippen LogP contribution in [-0.2, 0) is 13.0 Å². The summed E-state index contributed by atoms with van der Waals surface area (Å²) in [7, 11) is 1.61. The van der Waals surface area contributed by atoms with E-state index in [1.165, 1.54) is 21.0 Å². The normalized spacial score (nSPS) is 14.7. The second kappa shape index (κ2) is 9.16. The van der Waals surface area contributed by atoms with Gasteiger partial charge in [-0.25, -0.2) is 4.79 Å². The van der Waals surface area contributed by atoms with Crippen LogP contribution in [0.5, 0.6) is 5.75 Å². The predicted molar refractivity (Wildman–Crippen MR) is 127 cm³/mol. The highest BCUT2D eigenvalue weighted by Gasteiger charge is 2.28. The highest BCUT2D eigenvalue weighted by molar-refractivity contribution is 7.15. The van der Waals surface area contributed by atoms with Crippen molar-refractivity contribution in [2.45, 2.75) is 39.8 Å². The number of thiophene rings is 1. The molecule has 0 aliphatic carbocycles. The lowest BCUT2D eigenvalue weighted by Gasteiger charge is -2.26. The summed E-state index contributed by atoms with van der Waals surface area (Å²) in [6.45, 7) is 9.35. The van der Waals surface area contributed by atoms with Gasteiger partial charge in [0.25, 0.3) is 0 Å². The molecular weight excluding hydrogens is 408 g/mol. The lowest BCUT2D eigenvalue weighted by Crippen LogP contribution is -2.33. The van der Waals surface area contributed by atoms with Crippen LogP contribution >= 0.6 is 11.3 Å². The lowest BCUT2D eigenvalue weighted by atomic mass is 9.98. The molecule has 1 aromatic carbocycles. The van der Waals surface area contributed by atoms with Gasteiger partial charge in [-0.3, -0.25) is 4.90 Å². The number of urea groups is 1. The van der Waals surface area contributed by atoms with E-state index in [4.69, 9.17) is 4.74 Å². The number of aromatic nitrogens is 1. The summed E-state index contributed by atoms with van der Waals surface area (Å²) in [5.41, 5.74) is 4.34. The third-order valence-corrected chi connectivity index (χ3v) is 7.07. The summed E-state index contributed by atoms with van der Waals surface area (Å²) in [5, 5.41) is 7.30. The number of anilines is 1. The molecule has 2 amide bonds. The Balaban J connectivity index is 1.59. The molecule has 2 N–H and O–H groups in total. The molecule has 0 fully saturated rings. The molecule has 31 heavy (non-hydrogen) atoms. The third-order valence-electron chi connectivity index (χ3n) is 5.83. The van der Waals surface area contributed by atoms with E-state index in [0.717, 1.165) is 31.6 Å². The zero-order valence-corrected chi connectivity index (χ0v) is 19.4. The van der Waals surface area contributed by atoms with Crippen molar-refractivity contribution in [3.8, 4) is 10.8 Å². The van der Waals surface area contributed by atoms with E-state index < -0.39 is 0 Å². The Morgan fingerprint density at radius 2 is 2.06 bits per heavy atom. The number of amides is 2. The van der Waals surface area contributed by atoms with Gasteiger partial charge < -0.3 is 19.9 Å². The Morgan fingerprint density at radius 1 is 1.29 bits per heavy atom. The van der Waals surface area contributed by atoms with Crippen molar-refractivity contribution in [1.82, 2.24) is 14.8 Å². The SMILES string of the molecule is CCN1CCc2c(sc(-n3cccc3)c2C(C)NC(=O)Nc2cc(C)ccc2OC)C1. The van der Waals surface area contributed by atoms with Crippen LogP contribution in [0.15, 0.2) is 42.7 Å². The van der Waals surface area contributed by atoms with Crippen molar-refractivity contribution in [1.29, 1.82) is 0 Å². The Hall–Kier alpha value is -2.77. The van der Waals surface area contributed by atoms with Gasteiger partial charge in [0.15, 0.2) is 0 Å². The maximum absolute atomic E-state index is 12.9. The molecule has 1 unspecified atom stereocenters. The van der Waals surface area contributed by atoms with Gasteiger partial charge in [0, 0.05) is 35.9 Å². The van der Waals surface area contributed by atoms with Crippen molar-refractivity contribution in [2.24, 2.45) is 0 Å². The molecule has 4 rings (SSSR count). The summed E-state index contributed by atoms with van der Waals surface area (Å²) in [6.07, 6.45) is 5.15. The molecule has 3 heterocycles. The zero-order valence-electron chi connectivity index (χ0n) is 18.6. The number of rotatable bonds is 6. The molecule has 1 aliphatic rings. The average Bonchev–Trinajstić information content (AvgIpc) is 3.40. The molecule has 0 bridgehead atoms. The molecule has 1 atom stereocenters. The first-order valence-corrected chi connectivity index (χ1v) is 11.5. The van der Waals surface area contributed by atoms with E-state index >= 15 is 0 Å². The predicted octanol–water partition coefficient (Wildman–Crippen LogP) is 5.12. The number of nitrogens with zero attached hydrogens (tertiary/aromatic N) is 2. The largest absolute Gasteiger partial charge is 0.495 e. The number of nitrogens with one attached hydrogen (secondary N) is 2. The van der Waals surface area contributed by atoms with Gasteiger partial charge in [-0.15, -0.1) is 11.3 Å². The van der Waals surface area contributed by atoms with E-state index in [9.17, 15) is 4.79 Å². The Morgan fingerprint density at radius 3 is 2.77 bits per heavy atom. The molecule has 3 aromatic rings. The molecule has 0 radical (unpaired) electrons. The first-order chi connectivity index (χ1) is 15.0. The Labute approximate surface area is 187 Å². The maximum Gasteiger partial charge on any atom is 0.319 e. The van der Waals surface area contributed by atoms with Crippen molar-refractivity contribution in [3.63, 3.8) is 0 Å². The topological polar surface area (TPSA) is 58.5 Å². The minimum absolute atomic E-state index is 0.124. The number of likely N-dealkylation sites (N-methyl/N-ethyl adjacent to an activating group) is 1. The Bertz CT molecular complexity index is 1060. The monoisotopic (exact) mass is 438 g/mol. The van der Waals surface area contributed by atoms with Crippen molar-refractivity contribution in [2.75, 3.05) is 25.5 Å². The fourth-order valence-corrected chi connectivity index (χ4v) is 5.64. The van der Waals surface area contributed by atoms with E-state index in [2.05, 4.69) is 46.3 Å². The molecule has 2 aromatic heterocycles. The van der Waals surface area contributed by atoms with Crippen LogP contribution in [0, 0.1) is 6.92 Å². The van der Waals surface area contributed by atoms with Gasteiger partial charge >= 0.3 is 6.03 Å². The third kappa shape index (κ3) is 4.48. The van der Waals surface area contributed by atoms with Crippen molar-refractivity contribution < 1.29 is 9.53 Å². The smallest absolute Gasteiger partial charge is 0.319 e. The number of hydrogen-bond acceptors (Lipinski definition) is 4. The van der Waals surface area contributed by atoms with E-state index in [0.29, 0.717) is 11.4 Å². The minimum atomic E-state index is -0.235. The number of carbonyl (C=O) groups is 1. The standard InChI is InChI=1S/C24H30N4O2S/c1-5-27-13-10-18-21(15-27)31-23(28-11-6-7-12-28)22(18)17(3)25-24(29)26-19-14-16(2)8-9-20(19)30-4/h6-9,11-12,14,17H,5,10,13,15H2,1-4H3,(H2,25,26,29). The molecule has 0 saturated carbocycles. The summed E-state index contributed by atoms with van der Waals surface area (Å²) < 4.78 is 7.55. The number of hydrogen-bond donors (Lipinski definition) is 2. The maximum atomic E-state index is 12.9. The van der Waals surface area contributed by atoms with Gasteiger partial charge in [-0.1, -0.05) is 13.0 Å². The summed E-state index contributed by atoms with van der Waals surface area (Å²) in [6, 6.07) is 9.46. The lowest BCUT2D eigenvalue weighted by molar-refractivity contribution is 0.249. The number of aryl methyl sites for hydroxylation is 1. The number of methoxy groups -OCH3 is 1. The Kier molecular flexibility index (Phi) is 6.34. The van der Waals surface area contributed by atoms with Crippen molar-refractivity contribution >= 4 is 23.1 Å². The van der Waals surface area contributed by atoms with E-state index in [1.54, 1.807) is 7.11 Å². The quantitative estimate of drug-likeness (QED) is 0.562. The van der Waals surface area contributed by atoms with Gasteiger partial charge in [0.05, 0.1) is 18.8 Å². The number of benzene rings is 1. The molecule has 0 spiro atoms. The summed E-state index contributed by atoms with van der Waals surface area (Å²) in [5.74, 6) is 0.647. The van der Waals surface area contributed by atoms with E-state index in [-0.39, 0.29) is 12.1 Å². The molecule has 7 heteroatoms. The van der Waals surface area contributed by atoms with Crippen LogP contribution in [0.2, 0.25) is 0 Å². The molecular formula is C24H30N4O2S. The van der Waals surface area contributed by atoms with Gasteiger partial charge in [0.2, 0.25) is 0 Å². The number of fused-ring (bicyclic) bond motifs is 1. The highest BCUT2D eigenvalue weighted by atomic mass is 32.1. The van der Waals surface area contributed by atoms with Gasteiger partial charge in [-0.05, 0) is 62.2 Å². The second-order valence-corrected chi connectivity index (χ2v) is 9.04. The van der Waals surface area contributed by atoms with Crippen LogP contribution in [0.4, 0.5) is 10.5 Å². The van der Waals surface area contributed by atoms with Crippen LogP contribution in [-0.4, -0.2) is 35.7 Å². The number of carbonyl (C=O) groups excluding carboxylic acids is 1. The molecule has 6 nitrogen and oxygen atoms in total. The highest BCUT2D eigenvalue weighted by Crippen LogP contribution is 2.39. The van der Waals surface area contributed by atoms with Gasteiger partial charge in [0.1, 0.15) is 10.8 Å². The van der Waals surface area contributed by atoms with Crippen LogP contribution in [0.3, 0.4) is 0 Å². The van der Waals surface area contributed by atoms with Crippen molar-refractivity contribution in [3.05, 3.63) is 64.3 Å². The van der Waals surface area contributed by atoms with Crippen LogP contribution in [0.1, 0.15) is 41.5 Å². The fourth-order valence-electron chi connectivity index (χ4n) is 4.19. The molecule has 1 aliphatic heterocycles. The van der Waals surface area contributed by atoms with Crippen LogP contribution in [0.25, 0.3) is 5.00 Å². The summed E-state index contributed by atoms with van der Waals surface area (Å²) >= 11 is 1.84. The minimum Gasteiger partial charge on any atom is -0.495 e. The molecule has 164 valence electrons. The van der Waals surface area contributed by atoms with E-state index in [1.807, 2.05) is 48.6 Å². The zero-order chi connectivity index (χ0) is 22.0.